The number of ether oxygens (including phenoxy) is 2. The van der Waals surface area contributed by atoms with Crippen molar-refractivity contribution in [1.29, 1.82) is 0 Å². The average molecular weight is 427 g/mol. The van der Waals surface area contributed by atoms with Gasteiger partial charge in [-0.2, -0.15) is 0 Å². The first kappa shape index (κ1) is 22.3. The minimum Gasteiger partial charge on any atom is -0.495 e. The maximum absolute atomic E-state index is 12.4. The van der Waals surface area contributed by atoms with E-state index in [4.69, 9.17) is 9.47 Å². The molecule has 2 aliphatic heterocycles. The maximum atomic E-state index is 12.4. The Morgan fingerprint density at radius 3 is 2.71 bits per heavy atom. The first-order valence-corrected chi connectivity index (χ1v) is 12.1. The first-order chi connectivity index (χ1) is 15.1. The Balaban J connectivity index is 1.17. The van der Waals surface area contributed by atoms with Gasteiger partial charge in [-0.25, -0.2) is 0 Å². The molecule has 2 heterocycles. The monoisotopic (exact) mass is 426 g/mol. The lowest BCUT2D eigenvalue weighted by molar-refractivity contribution is -0.209. The Morgan fingerprint density at radius 2 is 2.06 bits per heavy atom. The number of carbonyl (C=O) groups is 1. The second kappa shape index (κ2) is 10.2. The maximum Gasteiger partial charge on any atom is 0.310 e. The third kappa shape index (κ3) is 5.50. The van der Waals surface area contributed by atoms with Gasteiger partial charge in [0, 0.05) is 38.0 Å². The molecule has 0 radical (unpaired) electrons. The number of esters is 1. The van der Waals surface area contributed by atoms with Gasteiger partial charge in [0.25, 0.3) is 0 Å². The van der Waals surface area contributed by atoms with Crippen LogP contribution in [-0.4, -0.2) is 42.8 Å². The Bertz CT molecular complexity index is 757. The van der Waals surface area contributed by atoms with Crippen molar-refractivity contribution >= 4 is 5.97 Å². The normalized spacial score (nSPS) is 28.9. The van der Waals surface area contributed by atoms with Crippen LogP contribution in [-0.2, 0) is 20.8 Å². The number of hydrogen-bond donors (Lipinski definition) is 1. The lowest BCUT2D eigenvalue weighted by Crippen LogP contribution is -2.70. The van der Waals surface area contributed by atoms with E-state index in [0.717, 1.165) is 64.0 Å². The van der Waals surface area contributed by atoms with Crippen LogP contribution in [0.1, 0.15) is 64.4 Å². The van der Waals surface area contributed by atoms with Crippen molar-refractivity contribution in [2.45, 2.75) is 77.7 Å². The Labute approximate surface area is 187 Å². The Hall–Kier alpha value is -1.85. The predicted octanol–water partition coefficient (Wildman–Crippen LogP) is 4.63. The van der Waals surface area contributed by atoms with Crippen molar-refractivity contribution in [2.75, 3.05) is 19.6 Å². The van der Waals surface area contributed by atoms with Crippen LogP contribution in [0.2, 0.25) is 0 Å². The fraction of sp³-hybridized carbons (Fsp3) is 0.654. The molecular formula is C26H38N2O3. The van der Waals surface area contributed by atoms with Gasteiger partial charge in [0.1, 0.15) is 0 Å². The topological polar surface area (TPSA) is 50.8 Å². The summed E-state index contributed by atoms with van der Waals surface area (Å²) in [5.41, 5.74) is 1.46. The van der Waals surface area contributed by atoms with Crippen LogP contribution in [0.4, 0.5) is 0 Å². The van der Waals surface area contributed by atoms with E-state index in [-0.39, 0.29) is 29.6 Å². The van der Waals surface area contributed by atoms with Crippen LogP contribution in [0.5, 0.6) is 0 Å². The van der Waals surface area contributed by atoms with Gasteiger partial charge in [0.2, 0.25) is 0 Å². The highest BCUT2D eigenvalue weighted by atomic mass is 16.6. The van der Waals surface area contributed by atoms with E-state index in [2.05, 4.69) is 53.5 Å². The van der Waals surface area contributed by atoms with Gasteiger partial charge in [-0.05, 0) is 30.9 Å². The summed E-state index contributed by atoms with van der Waals surface area (Å²) in [4.78, 5) is 14.9. The quantitative estimate of drug-likeness (QED) is 0.437. The molecule has 0 bridgehead atoms. The van der Waals surface area contributed by atoms with Crippen molar-refractivity contribution in [3.63, 3.8) is 0 Å². The lowest BCUT2D eigenvalue weighted by atomic mass is 9.61. The summed E-state index contributed by atoms with van der Waals surface area (Å²) in [7, 11) is 0. The van der Waals surface area contributed by atoms with Crippen molar-refractivity contribution in [2.24, 2.45) is 11.3 Å². The number of unbranched alkanes of at least 4 members (excludes halogenated alkanes) is 2. The van der Waals surface area contributed by atoms with Gasteiger partial charge in [-0.15, -0.1) is 0 Å². The molecule has 1 spiro atoms. The van der Waals surface area contributed by atoms with E-state index in [1.807, 2.05) is 6.92 Å². The third-order valence-corrected chi connectivity index (χ3v) is 7.16. The molecule has 1 saturated carbocycles. The number of nitrogens with one attached hydrogen (secondary N) is 1. The van der Waals surface area contributed by atoms with E-state index >= 15 is 0 Å². The first-order valence-electron chi connectivity index (χ1n) is 12.1. The van der Waals surface area contributed by atoms with Crippen molar-refractivity contribution in [3.05, 3.63) is 47.7 Å². The van der Waals surface area contributed by atoms with Crippen molar-refractivity contribution in [3.8, 4) is 0 Å². The molecular weight excluding hydrogens is 388 g/mol. The number of carbonyl (C=O) groups excluding carboxylic acids is 1. The summed E-state index contributed by atoms with van der Waals surface area (Å²) in [6, 6.07) is 10.6. The minimum atomic E-state index is -0.129. The highest BCUT2D eigenvalue weighted by molar-refractivity contribution is 5.72. The molecule has 1 aromatic carbocycles. The van der Waals surface area contributed by atoms with Gasteiger partial charge >= 0.3 is 5.97 Å². The molecule has 1 N–H and O–H groups in total. The molecule has 5 heteroatoms. The second-order valence-electron chi connectivity index (χ2n) is 9.75. The van der Waals surface area contributed by atoms with E-state index in [9.17, 15) is 4.79 Å². The van der Waals surface area contributed by atoms with Crippen LogP contribution >= 0.6 is 0 Å². The predicted molar refractivity (Wildman–Crippen MR) is 122 cm³/mol. The van der Waals surface area contributed by atoms with Crippen LogP contribution in [0.25, 0.3) is 0 Å². The molecule has 1 saturated heterocycles. The zero-order valence-electron chi connectivity index (χ0n) is 19.1. The molecule has 1 aromatic rings. The summed E-state index contributed by atoms with van der Waals surface area (Å²) in [6.07, 6.45) is 9.69. The lowest BCUT2D eigenvalue weighted by Gasteiger charge is -2.58. The minimum absolute atomic E-state index is 0.00986. The molecule has 0 amide bonds. The Morgan fingerprint density at radius 1 is 1.26 bits per heavy atom. The Kier molecular flexibility index (Phi) is 7.34. The summed E-state index contributed by atoms with van der Waals surface area (Å²) in [5, 5.41) is 3.32. The van der Waals surface area contributed by atoms with Crippen LogP contribution < -0.4 is 5.32 Å². The van der Waals surface area contributed by atoms with Gasteiger partial charge in [0.05, 0.1) is 17.8 Å². The highest BCUT2D eigenvalue weighted by Crippen LogP contribution is 2.51. The smallest absolute Gasteiger partial charge is 0.310 e. The second-order valence-corrected chi connectivity index (χ2v) is 9.75. The van der Waals surface area contributed by atoms with Crippen LogP contribution in [0.15, 0.2) is 42.2 Å². The van der Waals surface area contributed by atoms with Crippen LogP contribution in [0.3, 0.4) is 0 Å². The molecule has 2 unspecified atom stereocenters. The van der Waals surface area contributed by atoms with Crippen LogP contribution in [0, 0.1) is 11.3 Å². The molecule has 1 aliphatic carbocycles. The molecule has 5 nitrogen and oxygen atoms in total. The molecule has 4 rings (SSSR count). The molecule has 0 aromatic heterocycles. The van der Waals surface area contributed by atoms with E-state index in [1.165, 1.54) is 18.4 Å². The number of benzene rings is 1. The standard InChI is InChI=1S/C26H38N2O3/c1-3-4-6-9-20(2)24(29)31-25-26(19-27-25)16-23(17-26)30-22-12-14-28(15-13-22)18-21-10-7-5-8-11-21/h5,7-8,10-12,20,23,25,27H,3-4,6,9,13-19H2,1-2H3. The van der Waals surface area contributed by atoms with E-state index in [0.29, 0.717) is 0 Å². The number of rotatable bonds is 10. The molecule has 170 valence electrons. The van der Waals surface area contributed by atoms with Crippen molar-refractivity contribution < 1.29 is 14.3 Å². The molecule has 31 heavy (non-hydrogen) atoms. The third-order valence-electron chi connectivity index (χ3n) is 7.16. The summed E-state index contributed by atoms with van der Waals surface area (Å²) >= 11 is 0. The molecule has 3 aliphatic rings. The fourth-order valence-corrected chi connectivity index (χ4v) is 4.98. The SMILES string of the molecule is CCCCCC(C)C(=O)OC1NCC12CC(OC1=CCN(Cc3ccccc3)CC1)C2. The van der Waals surface area contributed by atoms with Crippen molar-refractivity contribution in [1.82, 2.24) is 10.2 Å². The van der Waals surface area contributed by atoms with Gasteiger partial charge in [0.15, 0.2) is 6.23 Å². The zero-order valence-corrected chi connectivity index (χ0v) is 19.1. The fourth-order valence-electron chi connectivity index (χ4n) is 4.98. The van der Waals surface area contributed by atoms with E-state index < -0.39 is 0 Å². The summed E-state index contributed by atoms with van der Waals surface area (Å²) in [6.45, 7) is 8.08. The van der Waals surface area contributed by atoms with E-state index in [1.54, 1.807) is 0 Å². The van der Waals surface area contributed by atoms with Gasteiger partial charge < -0.3 is 9.47 Å². The summed E-state index contributed by atoms with van der Waals surface area (Å²) < 4.78 is 12.1. The zero-order chi connectivity index (χ0) is 21.7. The molecule has 2 atom stereocenters. The number of hydrogen-bond acceptors (Lipinski definition) is 5. The number of nitrogens with zero attached hydrogens (tertiary/aromatic N) is 1. The highest BCUT2D eigenvalue weighted by Gasteiger charge is 2.58. The molecule has 2 fully saturated rings. The average Bonchev–Trinajstić information content (AvgIpc) is 2.75. The summed E-state index contributed by atoms with van der Waals surface area (Å²) in [5.74, 6) is 1.07. The van der Waals surface area contributed by atoms with Gasteiger partial charge in [-0.1, -0.05) is 63.4 Å². The largest absolute Gasteiger partial charge is 0.495 e. The van der Waals surface area contributed by atoms with Gasteiger partial charge in [-0.3, -0.25) is 15.0 Å².